The molecule has 2 rings (SSSR count). The van der Waals surface area contributed by atoms with Crippen molar-refractivity contribution in [3.05, 3.63) is 0 Å². The van der Waals surface area contributed by atoms with Crippen LogP contribution >= 0.6 is 0 Å². The Morgan fingerprint density at radius 2 is 1.76 bits per heavy atom. The zero-order chi connectivity index (χ0) is 15.1. The number of aliphatic hydroxyl groups excluding tert-OH is 1. The Morgan fingerprint density at radius 1 is 1.14 bits per heavy atom. The number of rotatable bonds is 6. The van der Waals surface area contributed by atoms with Gasteiger partial charge in [-0.1, -0.05) is 38.5 Å². The fraction of sp³-hybridized carbons (Fsp3) is 0.941. The Morgan fingerprint density at radius 3 is 2.38 bits per heavy atom. The van der Waals surface area contributed by atoms with Gasteiger partial charge < -0.3 is 16.2 Å². The average molecular weight is 296 g/mol. The lowest BCUT2D eigenvalue weighted by atomic mass is 9.71. The zero-order valence-electron chi connectivity index (χ0n) is 13.3. The SMILES string of the molecule is NCC1(CC(=O)NCC(O)C2CCCCC2)CCCCC1. The van der Waals surface area contributed by atoms with Gasteiger partial charge in [-0.15, -0.1) is 0 Å². The summed E-state index contributed by atoms with van der Waals surface area (Å²) in [6, 6.07) is 0. The van der Waals surface area contributed by atoms with E-state index in [2.05, 4.69) is 5.32 Å². The van der Waals surface area contributed by atoms with Gasteiger partial charge in [0.15, 0.2) is 0 Å². The van der Waals surface area contributed by atoms with Gasteiger partial charge in [0.1, 0.15) is 0 Å². The molecule has 0 heterocycles. The van der Waals surface area contributed by atoms with E-state index in [1.165, 1.54) is 38.5 Å². The van der Waals surface area contributed by atoms with Crippen molar-refractivity contribution in [2.24, 2.45) is 17.1 Å². The maximum Gasteiger partial charge on any atom is 0.220 e. The standard InChI is InChI=1S/C17H32N2O2/c18-13-17(9-5-2-6-10-17)11-16(21)19-12-15(20)14-7-3-1-4-8-14/h14-15,20H,1-13,18H2,(H,19,21). The summed E-state index contributed by atoms with van der Waals surface area (Å²) in [5.41, 5.74) is 5.94. The number of carbonyl (C=O) groups excluding carboxylic acids is 1. The Balaban J connectivity index is 1.73. The highest BCUT2D eigenvalue weighted by molar-refractivity contribution is 5.76. The molecule has 2 aliphatic carbocycles. The lowest BCUT2D eigenvalue weighted by Gasteiger charge is -2.36. The molecule has 4 heteroatoms. The van der Waals surface area contributed by atoms with Crippen LogP contribution in [0.2, 0.25) is 0 Å². The van der Waals surface area contributed by atoms with Crippen molar-refractivity contribution in [3.8, 4) is 0 Å². The molecule has 0 aliphatic heterocycles. The van der Waals surface area contributed by atoms with E-state index in [-0.39, 0.29) is 17.4 Å². The Hall–Kier alpha value is -0.610. The van der Waals surface area contributed by atoms with Crippen molar-refractivity contribution in [3.63, 3.8) is 0 Å². The quantitative estimate of drug-likeness (QED) is 0.704. The molecule has 4 N–H and O–H groups in total. The van der Waals surface area contributed by atoms with Gasteiger partial charge in [0, 0.05) is 13.0 Å². The highest BCUT2D eigenvalue weighted by Crippen LogP contribution is 2.38. The first-order valence-corrected chi connectivity index (χ1v) is 8.80. The summed E-state index contributed by atoms with van der Waals surface area (Å²) < 4.78 is 0. The van der Waals surface area contributed by atoms with E-state index >= 15 is 0 Å². The topological polar surface area (TPSA) is 75.4 Å². The smallest absolute Gasteiger partial charge is 0.220 e. The zero-order valence-corrected chi connectivity index (χ0v) is 13.3. The van der Waals surface area contributed by atoms with Crippen LogP contribution in [0.1, 0.15) is 70.6 Å². The van der Waals surface area contributed by atoms with Gasteiger partial charge in [-0.2, -0.15) is 0 Å². The molecule has 122 valence electrons. The van der Waals surface area contributed by atoms with Crippen LogP contribution in [-0.2, 0) is 4.79 Å². The molecule has 21 heavy (non-hydrogen) atoms. The van der Waals surface area contributed by atoms with Gasteiger partial charge in [0.2, 0.25) is 5.91 Å². The third-order valence-electron chi connectivity index (χ3n) is 5.59. The predicted molar refractivity (Wildman–Crippen MR) is 84.8 cm³/mol. The number of aliphatic hydroxyl groups is 1. The molecule has 0 aromatic heterocycles. The fourth-order valence-corrected chi connectivity index (χ4v) is 4.06. The monoisotopic (exact) mass is 296 g/mol. The first-order chi connectivity index (χ1) is 10.2. The van der Waals surface area contributed by atoms with Crippen LogP contribution < -0.4 is 11.1 Å². The predicted octanol–water partition coefficient (Wildman–Crippen LogP) is 2.34. The molecule has 0 saturated heterocycles. The van der Waals surface area contributed by atoms with Gasteiger partial charge in [0.25, 0.3) is 0 Å². The molecule has 1 amide bonds. The largest absolute Gasteiger partial charge is 0.391 e. The summed E-state index contributed by atoms with van der Waals surface area (Å²) >= 11 is 0. The highest BCUT2D eigenvalue weighted by atomic mass is 16.3. The van der Waals surface area contributed by atoms with Gasteiger partial charge >= 0.3 is 0 Å². The van der Waals surface area contributed by atoms with Crippen molar-refractivity contribution >= 4 is 5.91 Å². The number of nitrogens with one attached hydrogen (secondary N) is 1. The van der Waals surface area contributed by atoms with Crippen molar-refractivity contribution in [2.45, 2.75) is 76.7 Å². The summed E-state index contributed by atoms with van der Waals surface area (Å²) in [5, 5.41) is 13.2. The normalized spacial score (nSPS) is 24.5. The van der Waals surface area contributed by atoms with E-state index in [0.717, 1.165) is 25.7 Å². The highest BCUT2D eigenvalue weighted by Gasteiger charge is 2.33. The number of carbonyl (C=O) groups is 1. The molecule has 2 aliphatic rings. The molecular formula is C17H32N2O2. The molecule has 0 radical (unpaired) electrons. The van der Waals surface area contributed by atoms with Crippen LogP contribution in [0.3, 0.4) is 0 Å². The number of nitrogens with two attached hydrogens (primary N) is 1. The lowest BCUT2D eigenvalue weighted by molar-refractivity contribution is -0.124. The second-order valence-corrected chi connectivity index (χ2v) is 7.21. The molecule has 0 bridgehead atoms. The van der Waals surface area contributed by atoms with Crippen molar-refractivity contribution in [1.29, 1.82) is 0 Å². The maximum absolute atomic E-state index is 12.2. The minimum Gasteiger partial charge on any atom is -0.391 e. The average Bonchev–Trinajstić information content (AvgIpc) is 2.54. The Labute approximate surface area is 128 Å². The summed E-state index contributed by atoms with van der Waals surface area (Å²) in [5.74, 6) is 0.439. The second-order valence-electron chi connectivity index (χ2n) is 7.21. The van der Waals surface area contributed by atoms with Crippen LogP contribution in [0.25, 0.3) is 0 Å². The van der Waals surface area contributed by atoms with Crippen LogP contribution in [0, 0.1) is 11.3 Å². The fourth-order valence-electron chi connectivity index (χ4n) is 4.06. The Bertz CT molecular complexity index is 321. The number of hydrogen-bond donors (Lipinski definition) is 3. The molecule has 0 spiro atoms. The van der Waals surface area contributed by atoms with Gasteiger partial charge in [-0.05, 0) is 43.6 Å². The summed E-state index contributed by atoms with van der Waals surface area (Å²) in [7, 11) is 0. The lowest BCUT2D eigenvalue weighted by Crippen LogP contribution is -2.42. The van der Waals surface area contributed by atoms with Crippen LogP contribution in [0.15, 0.2) is 0 Å². The first-order valence-electron chi connectivity index (χ1n) is 8.80. The summed E-state index contributed by atoms with van der Waals surface area (Å²) in [6.45, 7) is 1.01. The molecule has 2 saturated carbocycles. The van der Waals surface area contributed by atoms with E-state index in [1.807, 2.05) is 0 Å². The van der Waals surface area contributed by atoms with E-state index in [4.69, 9.17) is 5.73 Å². The minimum absolute atomic E-state index is 0.0120. The maximum atomic E-state index is 12.2. The molecule has 4 nitrogen and oxygen atoms in total. The summed E-state index contributed by atoms with van der Waals surface area (Å²) in [6.07, 6.45) is 11.9. The Kier molecular flexibility index (Phi) is 6.49. The molecule has 0 aromatic rings. The number of hydrogen-bond acceptors (Lipinski definition) is 3. The van der Waals surface area contributed by atoms with E-state index < -0.39 is 0 Å². The third kappa shape index (κ3) is 4.96. The van der Waals surface area contributed by atoms with Crippen LogP contribution in [-0.4, -0.2) is 30.2 Å². The minimum atomic E-state index is -0.380. The van der Waals surface area contributed by atoms with Gasteiger partial charge in [-0.3, -0.25) is 4.79 Å². The van der Waals surface area contributed by atoms with Crippen molar-refractivity contribution in [1.82, 2.24) is 5.32 Å². The van der Waals surface area contributed by atoms with Crippen molar-refractivity contribution in [2.75, 3.05) is 13.1 Å². The third-order valence-corrected chi connectivity index (χ3v) is 5.59. The molecule has 2 fully saturated rings. The molecule has 0 aromatic carbocycles. The van der Waals surface area contributed by atoms with Crippen LogP contribution in [0.4, 0.5) is 0 Å². The van der Waals surface area contributed by atoms with Crippen LogP contribution in [0.5, 0.6) is 0 Å². The van der Waals surface area contributed by atoms with Gasteiger partial charge in [0.05, 0.1) is 6.10 Å². The number of amides is 1. The molecular weight excluding hydrogens is 264 g/mol. The second kappa shape index (κ2) is 8.14. The van der Waals surface area contributed by atoms with E-state index in [0.29, 0.717) is 25.4 Å². The first kappa shape index (κ1) is 16.8. The molecule has 1 unspecified atom stereocenters. The molecule has 1 atom stereocenters. The van der Waals surface area contributed by atoms with Crippen molar-refractivity contribution < 1.29 is 9.90 Å². The summed E-state index contributed by atoms with van der Waals surface area (Å²) in [4.78, 5) is 12.2. The van der Waals surface area contributed by atoms with E-state index in [9.17, 15) is 9.90 Å². The van der Waals surface area contributed by atoms with Gasteiger partial charge in [-0.25, -0.2) is 0 Å². The van der Waals surface area contributed by atoms with E-state index in [1.54, 1.807) is 0 Å².